The van der Waals surface area contributed by atoms with E-state index in [2.05, 4.69) is 29.2 Å². The Bertz CT molecular complexity index is 1190. The molecule has 2 aliphatic heterocycles. The highest BCUT2D eigenvalue weighted by Gasteiger charge is 2.37. The summed E-state index contributed by atoms with van der Waals surface area (Å²) in [5.41, 5.74) is 2.13. The predicted molar refractivity (Wildman–Crippen MR) is 147 cm³/mol. The molecule has 0 bridgehead atoms. The van der Waals surface area contributed by atoms with Gasteiger partial charge in [0.15, 0.2) is 0 Å². The molecule has 2 heterocycles. The van der Waals surface area contributed by atoms with E-state index in [1.54, 1.807) is 12.1 Å². The lowest BCUT2D eigenvalue weighted by Gasteiger charge is -2.38. The number of piperidine rings is 1. The number of ether oxygens (including phenoxy) is 1. The van der Waals surface area contributed by atoms with Crippen molar-refractivity contribution in [3.8, 4) is 5.75 Å². The third-order valence-corrected chi connectivity index (χ3v) is 9.25. The van der Waals surface area contributed by atoms with E-state index in [9.17, 15) is 13.2 Å². The Labute approximate surface area is 221 Å². The first-order valence-corrected chi connectivity index (χ1v) is 14.6. The Morgan fingerprint density at radius 2 is 1.78 bits per heavy atom. The summed E-state index contributed by atoms with van der Waals surface area (Å²) in [6.07, 6.45) is 5.68. The summed E-state index contributed by atoms with van der Waals surface area (Å²) in [5, 5.41) is 0. The molecule has 2 aromatic carbocycles. The summed E-state index contributed by atoms with van der Waals surface area (Å²) < 4.78 is 34.2. The topological polar surface area (TPSA) is 70.2 Å². The van der Waals surface area contributed by atoms with E-state index in [-0.39, 0.29) is 29.2 Å². The maximum absolute atomic E-state index is 13.6. The van der Waals surface area contributed by atoms with Gasteiger partial charge in [0.2, 0.25) is 15.9 Å². The van der Waals surface area contributed by atoms with Crippen LogP contribution in [0.15, 0.2) is 59.5 Å². The molecule has 200 valence electrons. The van der Waals surface area contributed by atoms with E-state index in [4.69, 9.17) is 4.74 Å². The van der Waals surface area contributed by atoms with Gasteiger partial charge in [-0.15, -0.1) is 0 Å². The highest BCUT2D eigenvalue weighted by Crippen LogP contribution is 2.33. The van der Waals surface area contributed by atoms with Gasteiger partial charge >= 0.3 is 0 Å². The molecule has 37 heavy (non-hydrogen) atoms. The van der Waals surface area contributed by atoms with Gasteiger partial charge < -0.3 is 9.64 Å². The minimum absolute atomic E-state index is 0.0715. The van der Waals surface area contributed by atoms with Gasteiger partial charge in [-0.1, -0.05) is 62.4 Å². The summed E-state index contributed by atoms with van der Waals surface area (Å²) in [6.45, 7) is 8.54. The molecule has 2 aliphatic rings. The SMILES string of the molecule is COc1ccc(C(C)C)cc1S(=O)(=O)N1CCC[C@H](C(=O)N2CCN(C/C=C/c3ccccc3)CC2)C1. The van der Waals surface area contributed by atoms with E-state index < -0.39 is 10.0 Å². The van der Waals surface area contributed by atoms with Crippen molar-refractivity contribution in [1.29, 1.82) is 0 Å². The molecular weight excluding hydrogens is 486 g/mol. The average molecular weight is 526 g/mol. The first-order valence-electron chi connectivity index (χ1n) is 13.2. The molecule has 0 aromatic heterocycles. The molecule has 1 amide bonds. The van der Waals surface area contributed by atoms with Crippen LogP contribution in [0.4, 0.5) is 0 Å². The summed E-state index contributed by atoms with van der Waals surface area (Å²) >= 11 is 0. The lowest BCUT2D eigenvalue weighted by Crippen LogP contribution is -2.53. The normalized spacial score (nSPS) is 20.0. The Hall–Kier alpha value is -2.68. The third kappa shape index (κ3) is 6.61. The number of carbonyl (C=O) groups excluding carboxylic acids is 1. The summed E-state index contributed by atoms with van der Waals surface area (Å²) in [7, 11) is -2.29. The maximum Gasteiger partial charge on any atom is 0.246 e. The Morgan fingerprint density at radius 3 is 2.46 bits per heavy atom. The van der Waals surface area contributed by atoms with Crippen molar-refractivity contribution < 1.29 is 17.9 Å². The smallest absolute Gasteiger partial charge is 0.246 e. The summed E-state index contributed by atoms with van der Waals surface area (Å²) in [5.74, 6) is 0.299. The van der Waals surface area contributed by atoms with Crippen LogP contribution in [0, 0.1) is 5.92 Å². The van der Waals surface area contributed by atoms with Crippen LogP contribution in [0.1, 0.15) is 43.7 Å². The number of amides is 1. The lowest BCUT2D eigenvalue weighted by molar-refractivity contribution is -0.138. The monoisotopic (exact) mass is 525 g/mol. The van der Waals surface area contributed by atoms with E-state index >= 15 is 0 Å². The number of piperazine rings is 1. The van der Waals surface area contributed by atoms with Gasteiger partial charge in [0.25, 0.3) is 0 Å². The van der Waals surface area contributed by atoms with Gasteiger partial charge in [-0.05, 0) is 42.0 Å². The van der Waals surface area contributed by atoms with E-state index in [0.717, 1.165) is 25.2 Å². The highest BCUT2D eigenvalue weighted by atomic mass is 32.2. The van der Waals surface area contributed by atoms with Gasteiger partial charge in [0.1, 0.15) is 10.6 Å². The quantitative estimate of drug-likeness (QED) is 0.520. The molecule has 2 aromatic rings. The van der Waals surface area contributed by atoms with Crippen LogP contribution >= 0.6 is 0 Å². The standard InChI is InChI=1S/C29H39N3O4S/c1-23(2)25-13-14-27(36-3)28(21-25)37(34,35)32-16-8-12-26(22-32)29(33)31-19-17-30(18-20-31)15-7-11-24-9-5-4-6-10-24/h4-7,9-11,13-14,21,23,26H,8,12,15-20,22H2,1-3H3/b11-7+/t26-/m0/s1. The number of methoxy groups -OCH3 is 1. The largest absolute Gasteiger partial charge is 0.495 e. The first kappa shape index (κ1) is 27.4. The minimum Gasteiger partial charge on any atom is -0.495 e. The third-order valence-electron chi connectivity index (χ3n) is 7.36. The van der Waals surface area contributed by atoms with Gasteiger partial charge in [-0.2, -0.15) is 4.31 Å². The number of benzene rings is 2. The van der Waals surface area contributed by atoms with Gasteiger partial charge in [0, 0.05) is 45.8 Å². The lowest BCUT2D eigenvalue weighted by atomic mass is 9.98. The van der Waals surface area contributed by atoms with Crippen LogP contribution in [0.25, 0.3) is 6.08 Å². The van der Waals surface area contributed by atoms with Crippen molar-refractivity contribution in [2.75, 3.05) is 52.9 Å². The second-order valence-electron chi connectivity index (χ2n) is 10.2. The number of hydrogen-bond donors (Lipinski definition) is 0. The number of sulfonamides is 1. The fraction of sp³-hybridized carbons (Fsp3) is 0.483. The number of rotatable bonds is 8. The fourth-order valence-electron chi connectivity index (χ4n) is 5.07. The second-order valence-corrected chi connectivity index (χ2v) is 12.1. The fourth-order valence-corrected chi connectivity index (χ4v) is 6.78. The number of hydrogen-bond acceptors (Lipinski definition) is 5. The zero-order valence-electron chi connectivity index (χ0n) is 22.2. The molecule has 0 spiro atoms. The van der Waals surface area contributed by atoms with Gasteiger partial charge in [-0.3, -0.25) is 9.69 Å². The van der Waals surface area contributed by atoms with E-state index in [1.165, 1.54) is 17.0 Å². The summed E-state index contributed by atoms with van der Waals surface area (Å²) in [6, 6.07) is 15.6. The maximum atomic E-state index is 13.6. The number of nitrogens with zero attached hydrogens (tertiary/aromatic N) is 3. The zero-order valence-corrected chi connectivity index (χ0v) is 23.0. The van der Waals surface area contributed by atoms with Crippen LogP contribution in [-0.4, -0.2) is 81.4 Å². The van der Waals surface area contributed by atoms with Crippen LogP contribution in [0.5, 0.6) is 5.75 Å². The van der Waals surface area contributed by atoms with E-state index in [1.807, 2.05) is 43.0 Å². The van der Waals surface area contributed by atoms with Gasteiger partial charge in [-0.25, -0.2) is 8.42 Å². The van der Waals surface area contributed by atoms with Crippen LogP contribution in [0.2, 0.25) is 0 Å². The van der Waals surface area contributed by atoms with Crippen LogP contribution in [0.3, 0.4) is 0 Å². The van der Waals surface area contributed by atoms with Crippen molar-refractivity contribution >= 4 is 22.0 Å². The van der Waals surface area contributed by atoms with Crippen molar-refractivity contribution in [3.05, 3.63) is 65.7 Å². The highest BCUT2D eigenvalue weighted by molar-refractivity contribution is 7.89. The molecule has 2 saturated heterocycles. The van der Waals surface area contributed by atoms with Crippen molar-refractivity contribution in [2.45, 2.75) is 37.5 Å². The van der Waals surface area contributed by atoms with Crippen LogP contribution < -0.4 is 4.74 Å². The molecule has 7 nitrogen and oxygen atoms in total. The second kappa shape index (κ2) is 12.2. The van der Waals surface area contributed by atoms with E-state index in [0.29, 0.717) is 38.2 Å². The molecule has 0 N–H and O–H groups in total. The average Bonchev–Trinajstić information content (AvgIpc) is 2.93. The molecule has 0 saturated carbocycles. The van der Waals surface area contributed by atoms with Crippen molar-refractivity contribution in [2.24, 2.45) is 5.92 Å². The van der Waals surface area contributed by atoms with Crippen molar-refractivity contribution in [3.63, 3.8) is 0 Å². The Balaban J connectivity index is 1.36. The van der Waals surface area contributed by atoms with Crippen molar-refractivity contribution in [1.82, 2.24) is 14.1 Å². The van der Waals surface area contributed by atoms with Gasteiger partial charge in [0.05, 0.1) is 13.0 Å². The molecule has 1 atom stereocenters. The molecule has 0 unspecified atom stereocenters. The first-order chi connectivity index (χ1) is 17.8. The molecule has 2 fully saturated rings. The summed E-state index contributed by atoms with van der Waals surface area (Å²) in [4.78, 5) is 17.8. The zero-order chi connectivity index (χ0) is 26.4. The molecule has 8 heteroatoms. The molecular formula is C29H39N3O4S. The molecule has 0 radical (unpaired) electrons. The predicted octanol–water partition coefficient (Wildman–Crippen LogP) is 4.08. The Kier molecular flexibility index (Phi) is 9.05. The van der Waals surface area contributed by atoms with Crippen LogP contribution in [-0.2, 0) is 14.8 Å². The molecule has 0 aliphatic carbocycles. The number of carbonyl (C=O) groups is 1. The minimum atomic E-state index is -3.78. The Morgan fingerprint density at radius 1 is 1.05 bits per heavy atom. The molecule has 4 rings (SSSR count).